The molecule has 0 spiro atoms. The largest absolute Gasteiger partial charge is 0.497 e. The molecule has 0 unspecified atom stereocenters. The topological polar surface area (TPSA) is 79.7 Å². The van der Waals surface area contributed by atoms with Crippen molar-refractivity contribution >= 4 is 32.5 Å². The number of nitrogens with one attached hydrogen (secondary N) is 1. The summed E-state index contributed by atoms with van der Waals surface area (Å²) in [7, 11) is 0.0882. The molecule has 0 bridgehead atoms. The van der Waals surface area contributed by atoms with Crippen LogP contribution >= 0.6 is 11.8 Å². The second kappa shape index (κ2) is 5.10. The van der Waals surface area contributed by atoms with Crippen molar-refractivity contribution in [3.8, 4) is 11.5 Å². The van der Waals surface area contributed by atoms with Crippen molar-refractivity contribution in [1.82, 2.24) is 0 Å². The molecule has 0 amide bonds. The van der Waals surface area contributed by atoms with E-state index in [0.29, 0.717) is 22.4 Å². The average molecular weight is 328 g/mol. The molecule has 2 atom stereocenters. The van der Waals surface area contributed by atoms with Crippen molar-refractivity contribution in [2.75, 3.05) is 30.6 Å². The summed E-state index contributed by atoms with van der Waals surface area (Å²) in [6, 6.07) is 5.11. The number of ether oxygens (including phenoxy) is 2. The number of rotatable bonds is 3. The minimum absolute atomic E-state index is 0.0768. The maximum Gasteiger partial charge on any atom is 0.161 e. The van der Waals surface area contributed by atoms with Gasteiger partial charge in [0.2, 0.25) is 0 Å². The van der Waals surface area contributed by atoms with Crippen molar-refractivity contribution < 1.29 is 17.9 Å². The van der Waals surface area contributed by atoms with Crippen LogP contribution in [-0.2, 0) is 9.84 Å². The lowest BCUT2D eigenvalue weighted by atomic mass is 10.2. The van der Waals surface area contributed by atoms with Gasteiger partial charge in [0.1, 0.15) is 11.5 Å². The highest BCUT2D eigenvalue weighted by Crippen LogP contribution is 2.44. The third-order valence-electron chi connectivity index (χ3n) is 3.73. The van der Waals surface area contributed by atoms with Gasteiger partial charge in [-0.1, -0.05) is 11.8 Å². The lowest BCUT2D eigenvalue weighted by Crippen LogP contribution is -2.37. The summed E-state index contributed by atoms with van der Waals surface area (Å²) in [4.78, 5) is 1.75. The predicted octanol–water partition coefficient (Wildman–Crippen LogP) is 1.36. The SMILES string of the molecule is COc1ccc(OC)c(N2C(=N)S[C@@H]3CS(=O)(=O)C[C@@H]32)c1. The first-order valence-corrected chi connectivity index (χ1v) is 9.12. The first kappa shape index (κ1) is 14.5. The van der Waals surface area contributed by atoms with E-state index in [-0.39, 0.29) is 22.8 Å². The van der Waals surface area contributed by atoms with Gasteiger partial charge in [-0.3, -0.25) is 5.41 Å². The molecule has 3 rings (SSSR count). The molecule has 0 radical (unpaired) electrons. The van der Waals surface area contributed by atoms with Crippen molar-refractivity contribution in [3.63, 3.8) is 0 Å². The summed E-state index contributed by atoms with van der Waals surface area (Å²) >= 11 is 1.31. The van der Waals surface area contributed by atoms with Crippen LogP contribution in [0.15, 0.2) is 18.2 Å². The van der Waals surface area contributed by atoms with E-state index in [9.17, 15) is 8.42 Å². The molecule has 2 saturated heterocycles. The number of hydrogen-bond acceptors (Lipinski definition) is 6. The third-order valence-corrected chi connectivity index (χ3v) is 6.86. The fourth-order valence-corrected chi connectivity index (χ4v) is 6.56. The van der Waals surface area contributed by atoms with Crippen LogP contribution < -0.4 is 14.4 Å². The van der Waals surface area contributed by atoms with Crippen LogP contribution in [0.4, 0.5) is 5.69 Å². The van der Waals surface area contributed by atoms with Gasteiger partial charge in [-0.25, -0.2) is 8.42 Å². The minimum Gasteiger partial charge on any atom is -0.497 e. The Balaban J connectivity index is 2.04. The van der Waals surface area contributed by atoms with E-state index in [1.54, 1.807) is 37.3 Å². The monoisotopic (exact) mass is 328 g/mol. The lowest BCUT2D eigenvalue weighted by Gasteiger charge is -2.26. The molecule has 2 heterocycles. The van der Waals surface area contributed by atoms with Crippen LogP contribution in [-0.4, -0.2) is 50.6 Å². The Hall–Kier alpha value is -1.41. The molecule has 1 aromatic carbocycles. The zero-order valence-electron chi connectivity index (χ0n) is 11.7. The molecule has 2 fully saturated rings. The maximum absolute atomic E-state index is 11.8. The summed E-state index contributed by atoms with van der Waals surface area (Å²) in [5.41, 5.74) is 0.680. The number of anilines is 1. The predicted molar refractivity (Wildman–Crippen MR) is 83.6 cm³/mol. The molecular weight excluding hydrogens is 312 g/mol. The Morgan fingerprint density at radius 3 is 2.71 bits per heavy atom. The zero-order valence-corrected chi connectivity index (χ0v) is 13.3. The number of amidine groups is 1. The van der Waals surface area contributed by atoms with E-state index in [0.717, 1.165) is 0 Å². The van der Waals surface area contributed by atoms with Crippen LogP contribution in [0.2, 0.25) is 0 Å². The maximum atomic E-state index is 11.8. The average Bonchev–Trinajstić information content (AvgIpc) is 2.88. The van der Waals surface area contributed by atoms with E-state index >= 15 is 0 Å². The molecule has 114 valence electrons. The minimum atomic E-state index is -3.04. The second-order valence-corrected chi connectivity index (χ2v) is 8.40. The number of thioether (sulfide) groups is 1. The van der Waals surface area contributed by atoms with Crippen molar-refractivity contribution in [1.29, 1.82) is 5.41 Å². The standard InChI is InChI=1S/C13H16N2O4S2/c1-18-8-3-4-11(19-2)9(5-8)15-10-6-21(16,17)7-12(10)20-13(15)14/h3-5,10,12,14H,6-7H2,1-2H3/t10-,12+/m0/s1. The van der Waals surface area contributed by atoms with E-state index in [1.807, 2.05) is 0 Å². The lowest BCUT2D eigenvalue weighted by molar-refractivity contribution is 0.403. The fourth-order valence-electron chi connectivity index (χ4n) is 2.77. The smallest absolute Gasteiger partial charge is 0.161 e. The molecular formula is C13H16N2O4S2. The van der Waals surface area contributed by atoms with Crippen LogP contribution in [0.3, 0.4) is 0 Å². The van der Waals surface area contributed by atoms with Gasteiger partial charge < -0.3 is 14.4 Å². The molecule has 2 aliphatic heterocycles. The summed E-state index contributed by atoms with van der Waals surface area (Å²) in [6.45, 7) is 0. The highest BCUT2D eigenvalue weighted by molar-refractivity contribution is 8.15. The molecule has 0 saturated carbocycles. The number of sulfone groups is 1. The number of fused-ring (bicyclic) bond motifs is 1. The van der Waals surface area contributed by atoms with Gasteiger partial charge in [0, 0.05) is 11.3 Å². The quantitative estimate of drug-likeness (QED) is 0.902. The molecule has 1 aromatic rings. The van der Waals surface area contributed by atoms with E-state index in [2.05, 4.69) is 0 Å². The van der Waals surface area contributed by atoms with Crippen LogP contribution in [0.25, 0.3) is 0 Å². The second-order valence-electron chi connectivity index (χ2n) is 5.01. The highest BCUT2D eigenvalue weighted by Gasteiger charge is 2.49. The van der Waals surface area contributed by atoms with Gasteiger partial charge in [-0.05, 0) is 12.1 Å². The van der Waals surface area contributed by atoms with E-state index < -0.39 is 9.84 Å². The Bertz CT molecular complexity index is 689. The molecule has 2 aliphatic rings. The Morgan fingerprint density at radius 1 is 1.29 bits per heavy atom. The summed E-state index contributed by atoms with van der Waals surface area (Å²) in [6.07, 6.45) is 0. The van der Waals surface area contributed by atoms with E-state index in [4.69, 9.17) is 14.9 Å². The van der Waals surface area contributed by atoms with Gasteiger partial charge in [-0.15, -0.1) is 0 Å². The van der Waals surface area contributed by atoms with Gasteiger partial charge in [-0.2, -0.15) is 0 Å². The number of methoxy groups -OCH3 is 2. The highest BCUT2D eigenvalue weighted by atomic mass is 32.2. The Kier molecular flexibility index (Phi) is 3.53. The molecule has 6 nitrogen and oxygen atoms in total. The fraction of sp³-hybridized carbons (Fsp3) is 0.462. The first-order chi connectivity index (χ1) is 9.95. The Morgan fingerprint density at radius 2 is 2.05 bits per heavy atom. The van der Waals surface area contributed by atoms with Gasteiger partial charge in [0.15, 0.2) is 15.0 Å². The molecule has 21 heavy (non-hydrogen) atoms. The van der Waals surface area contributed by atoms with E-state index in [1.165, 1.54) is 11.8 Å². The summed E-state index contributed by atoms with van der Waals surface area (Å²) < 4.78 is 34.3. The van der Waals surface area contributed by atoms with Gasteiger partial charge >= 0.3 is 0 Å². The Labute approximate surface area is 127 Å². The molecule has 1 N–H and O–H groups in total. The van der Waals surface area contributed by atoms with Crippen LogP contribution in [0.5, 0.6) is 11.5 Å². The number of nitrogens with zero attached hydrogens (tertiary/aromatic N) is 1. The third kappa shape index (κ3) is 2.46. The van der Waals surface area contributed by atoms with Gasteiger partial charge in [0.25, 0.3) is 0 Å². The first-order valence-electron chi connectivity index (χ1n) is 6.42. The summed E-state index contributed by atoms with van der Waals surface area (Å²) in [5, 5.41) is 8.44. The molecule has 8 heteroatoms. The zero-order chi connectivity index (χ0) is 15.2. The van der Waals surface area contributed by atoms with Gasteiger partial charge in [0.05, 0.1) is 37.5 Å². The molecule has 0 aliphatic carbocycles. The summed E-state index contributed by atoms with van der Waals surface area (Å²) in [5.74, 6) is 1.46. The number of benzene rings is 1. The van der Waals surface area contributed by atoms with Crippen molar-refractivity contribution in [3.05, 3.63) is 18.2 Å². The molecule has 0 aromatic heterocycles. The van der Waals surface area contributed by atoms with Crippen molar-refractivity contribution in [2.45, 2.75) is 11.3 Å². The van der Waals surface area contributed by atoms with Crippen LogP contribution in [0, 0.1) is 5.41 Å². The normalized spacial score (nSPS) is 26.8. The number of hydrogen-bond donors (Lipinski definition) is 1. The van der Waals surface area contributed by atoms with Crippen molar-refractivity contribution in [2.24, 2.45) is 0 Å². The van der Waals surface area contributed by atoms with Crippen LogP contribution in [0.1, 0.15) is 0 Å².